The molecule has 0 atom stereocenters. The molecule has 2 aromatic rings. The molecule has 0 radical (unpaired) electrons. The van der Waals surface area contributed by atoms with Crippen molar-refractivity contribution in [2.75, 3.05) is 22.4 Å². The molecule has 0 saturated carbocycles. The van der Waals surface area contributed by atoms with Crippen LogP contribution in [0.4, 0.5) is 11.4 Å². The van der Waals surface area contributed by atoms with Crippen molar-refractivity contribution in [1.82, 2.24) is 4.98 Å². The third-order valence-corrected chi connectivity index (χ3v) is 4.71. The van der Waals surface area contributed by atoms with E-state index in [0.717, 1.165) is 5.56 Å². The molecule has 2 heterocycles. The summed E-state index contributed by atoms with van der Waals surface area (Å²) in [4.78, 5) is 16.0. The van der Waals surface area contributed by atoms with Crippen LogP contribution in [0.1, 0.15) is 15.9 Å². The molecule has 0 aliphatic carbocycles. The number of anilines is 2. The fraction of sp³-hybridized carbons (Fsp3) is 0.200. The van der Waals surface area contributed by atoms with Crippen molar-refractivity contribution in [2.24, 2.45) is 0 Å². The molecule has 22 heavy (non-hydrogen) atoms. The molecule has 0 bridgehead atoms. The molecular formula is C15H15N3O3S. The van der Waals surface area contributed by atoms with Gasteiger partial charge in [0.1, 0.15) is 0 Å². The van der Waals surface area contributed by atoms with E-state index in [9.17, 15) is 13.2 Å². The van der Waals surface area contributed by atoms with Crippen LogP contribution in [0, 0.1) is 0 Å². The number of carbonyl (C=O) groups is 1. The summed E-state index contributed by atoms with van der Waals surface area (Å²) in [5.41, 5.74) is 2.77. The van der Waals surface area contributed by atoms with E-state index in [4.69, 9.17) is 0 Å². The number of aromatic nitrogens is 1. The smallest absolute Gasteiger partial charge is 0.255 e. The van der Waals surface area contributed by atoms with Crippen LogP contribution in [0.3, 0.4) is 0 Å². The maximum Gasteiger partial charge on any atom is 0.255 e. The number of hydrogen-bond acceptors (Lipinski definition) is 4. The van der Waals surface area contributed by atoms with Gasteiger partial charge in [0, 0.05) is 30.2 Å². The van der Waals surface area contributed by atoms with E-state index < -0.39 is 10.0 Å². The number of carbonyl (C=O) groups excluding carboxylic acids is 1. The van der Waals surface area contributed by atoms with E-state index >= 15 is 0 Å². The summed E-state index contributed by atoms with van der Waals surface area (Å²) in [6.07, 6.45) is 4.95. The van der Waals surface area contributed by atoms with Gasteiger partial charge in [0.15, 0.2) is 0 Å². The standard InChI is InChI=1S/C15H15N3O3S/c1-22(20,21)18-9-6-12-10-13(2-3-14(12)18)17-15(19)11-4-7-16-8-5-11/h2-5,7-8,10H,6,9H2,1H3,(H,17,19). The van der Waals surface area contributed by atoms with Crippen LogP contribution in [0.15, 0.2) is 42.7 Å². The highest BCUT2D eigenvalue weighted by Gasteiger charge is 2.26. The van der Waals surface area contributed by atoms with E-state index in [1.165, 1.54) is 10.6 Å². The van der Waals surface area contributed by atoms with Gasteiger partial charge in [-0.05, 0) is 42.3 Å². The molecule has 1 aliphatic heterocycles. The first-order valence-corrected chi connectivity index (χ1v) is 8.62. The summed E-state index contributed by atoms with van der Waals surface area (Å²) >= 11 is 0. The summed E-state index contributed by atoms with van der Waals surface area (Å²) in [5, 5.41) is 2.81. The lowest BCUT2D eigenvalue weighted by atomic mass is 10.1. The van der Waals surface area contributed by atoms with Crippen LogP contribution in [-0.2, 0) is 16.4 Å². The molecule has 6 nitrogen and oxygen atoms in total. The molecule has 1 aromatic heterocycles. The Morgan fingerprint density at radius 3 is 2.64 bits per heavy atom. The Kier molecular flexibility index (Phi) is 3.58. The van der Waals surface area contributed by atoms with E-state index in [1.54, 1.807) is 36.7 Å². The summed E-state index contributed by atoms with van der Waals surface area (Å²) in [5.74, 6) is -0.222. The predicted octanol–water partition coefficient (Wildman–Crippen LogP) is 1.66. The fourth-order valence-corrected chi connectivity index (χ4v) is 3.46. The topological polar surface area (TPSA) is 79.4 Å². The van der Waals surface area contributed by atoms with Crippen molar-refractivity contribution >= 4 is 27.3 Å². The van der Waals surface area contributed by atoms with Crippen LogP contribution in [0.25, 0.3) is 0 Å². The Morgan fingerprint density at radius 2 is 1.95 bits per heavy atom. The van der Waals surface area contributed by atoms with Gasteiger partial charge in [-0.25, -0.2) is 8.42 Å². The zero-order valence-corrected chi connectivity index (χ0v) is 12.8. The minimum Gasteiger partial charge on any atom is -0.322 e. The lowest BCUT2D eigenvalue weighted by molar-refractivity contribution is 0.102. The van der Waals surface area contributed by atoms with E-state index in [-0.39, 0.29) is 5.91 Å². The van der Waals surface area contributed by atoms with Crippen LogP contribution in [0.2, 0.25) is 0 Å². The van der Waals surface area contributed by atoms with Crippen molar-refractivity contribution in [3.8, 4) is 0 Å². The SMILES string of the molecule is CS(=O)(=O)N1CCc2cc(NC(=O)c3ccncc3)ccc21. The fourth-order valence-electron chi connectivity index (χ4n) is 2.50. The number of nitrogens with zero attached hydrogens (tertiary/aromatic N) is 2. The van der Waals surface area contributed by atoms with Gasteiger partial charge in [-0.2, -0.15) is 0 Å². The van der Waals surface area contributed by atoms with Gasteiger partial charge in [-0.1, -0.05) is 0 Å². The lowest BCUT2D eigenvalue weighted by Crippen LogP contribution is -2.27. The number of rotatable bonds is 3. The largest absolute Gasteiger partial charge is 0.322 e. The molecule has 7 heteroatoms. The molecule has 0 unspecified atom stereocenters. The van der Waals surface area contributed by atoms with E-state index in [2.05, 4.69) is 10.3 Å². The molecule has 0 spiro atoms. The van der Waals surface area contributed by atoms with Crippen molar-refractivity contribution < 1.29 is 13.2 Å². The predicted molar refractivity (Wildman–Crippen MR) is 84.5 cm³/mol. The Bertz CT molecular complexity index is 819. The van der Waals surface area contributed by atoms with Crippen molar-refractivity contribution in [3.05, 3.63) is 53.9 Å². The number of nitrogens with one attached hydrogen (secondary N) is 1. The van der Waals surface area contributed by atoms with Crippen LogP contribution in [0.5, 0.6) is 0 Å². The van der Waals surface area contributed by atoms with E-state index in [0.29, 0.717) is 29.9 Å². The number of hydrogen-bond donors (Lipinski definition) is 1. The average molecular weight is 317 g/mol. The third kappa shape index (κ3) is 2.80. The molecule has 3 rings (SSSR count). The minimum atomic E-state index is -3.26. The van der Waals surface area contributed by atoms with Gasteiger partial charge in [0.05, 0.1) is 11.9 Å². The maximum absolute atomic E-state index is 12.1. The Labute approximate surface area is 128 Å². The minimum absolute atomic E-state index is 0.222. The molecule has 1 N–H and O–H groups in total. The van der Waals surface area contributed by atoms with Crippen LogP contribution >= 0.6 is 0 Å². The van der Waals surface area contributed by atoms with E-state index in [1.807, 2.05) is 6.07 Å². The third-order valence-electron chi connectivity index (χ3n) is 3.53. The highest BCUT2D eigenvalue weighted by molar-refractivity contribution is 7.92. The first-order chi connectivity index (χ1) is 10.4. The first kappa shape index (κ1) is 14.5. The zero-order valence-electron chi connectivity index (χ0n) is 12.0. The highest BCUT2D eigenvalue weighted by Crippen LogP contribution is 2.32. The number of amides is 1. The van der Waals surface area contributed by atoms with Gasteiger partial charge in [-0.15, -0.1) is 0 Å². The Morgan fingerprint density at radius 1 is 1.23 bits per heavy atom. The first-order valence-electron chi connectivity index (χ1n) is 6.77. The zero-order chi connectivity index (χ0) is 15.7. The van der Waals surface area contributed by atoms with Crippen LogP contribution < -0.4 is 9.62 Å². The lowest BCUT2D eigenvalue weighted by Gasteiger charge is -2.16. The molecule has 114 valence electrons. The monoisotopic (exact) mass is 317 g/mol. The normalized spacial score (nSPS) is 13.8. The van der Waals surface area contributed by atoms with Gasteiger partial charge >= 0.3 is 0 Å². The summed E-state index contributed by atoms with van der Waals surface area (Å²) in [7, 11) is -3.26. The second-order valence-electron chi connectivity index (χ2n) is 5.12. The van der Waals surface area contributed by atoms with Gasteiger partial charge in [-0.3, -0.25) is 14.1 Å². The Balaban J connectivity index is 1.83. The number of benzene rings is 1. The van der Waals surface area contributed by atoms with Crippen molar-refractivity contribution in [2.45, 2.75) is 6.42 Å². The van der Waals surface area contributed by atoms with Crippen molar-refractivity contribution in [1.29, 1.82) is 0 Å². The molecule has 0 saturated heterocycles. The molecule has 0 fully saturated rings. The quantitative estimate of drug-likeness (QED) is 0.933. The Hall–Kier alpha value is -2.41. The van der Waals surface area contributed by atoms with Gasteiger partial charge < -0.3 is 5.32 Å². The average Bonchev–Trinajstić information content (AvgIpc) is 2.91. The van der Waals surface area contributed by atoms with Crippen molar-refractivity contribution in [3.63, 3.8) is 0 Å². The second-order valence-corrected chi connectivity index (χ2v) is 7.03. The highest BCUT2D eigenvalue weighted by atomic mass is 32.2. The number of pyridine rings is 1. The molecular weight excluding hydrogens is 302 g/mol. The van der Waals surface area contributed by atoms with Gasteiger partial charge in [0.25, 0.3) is 5.91 Å². The molecule has 1 aromatic carbocycles. The second kappa shape index (κ2) is 5.42. The number of fused-ring (bicyclic) bond motifs is 1. The molecule has 1 aliphatic rings. The van der Waals surface area contributed by atoms with Crippen LogP contribution in [-0.4, -0.2) is 32.1 Å². The summed E-state index contributed by atoms with van der Waals surface area (Å²) in [6, 6.07) is 8.52. The van der Waals surface area contributed by atoms with Gasteiger partial charge in [0.2, 0.25) is 10.0 Å². The summed E-state index contributed by atoms with van der Waals surface area (Å²) < 4.78 is 24.8. The summed E-state index contributed by atoms with van der Waals surface area (Å²) in [6.45, 7) is 0.440. The number of sulfonamides is 1. The maximum atomic E-state index is 12.1. The molecule has 1 amide bonds.